The van der Waals surface area contributed by atoms with Crippen LogP contribution in [0.15, 0.2) is 24.3 Å². The van der Waals surface area contributed by atoms with Gasteiger partial charge in [-0.15, -0.1) is 0 Å². The summed E-state index contributed by atoms with van der Waals surface area (Å²) in [6.07, 6.45) is 6.57. The van der Waals surface area contributed by atoms with Crippen molar-refractivity contribution in [2.75, 3.05) is 4.90 Å². The SMILES string of the molecule is CC(C)N1c2ccccc2CCCCCC1(C)C. The summed E-state index contributed by atoms with van der Waals surface area (Å²) >= 11 is 0. The highest BCUT2D eigenvalue weighted by atomic mass is 15.2. The molecule has 100 valence electrons. The minimum Gasteiger partial charge on any atom is -0.364 e. The molecule has 2 rings (SSSR count). The lowest BCUT2D eigenvalue weighted by Gasteiger charge is -2.44. The number of anilines is 1. The van der Waals surface area contributed by atoms with Gasteiger partial charge in [0.1, 0.15) is 0 Å². The molecule has 1 aliphatic heterocycles. The summed E-state index contributed by atoms with van der Waals surface area (Å²) in [5.74, 6) is 0. The molecule has 0 N–H and O–H groups in total. The Labute approximate surface area is 112 Å². The van der Waals surface area contributed by atoms with Crippen LogP contribution >= 0.6 is 0 Å². The fourth-order valence-electron chi connectivity index (χ4n) is 3.43. The lowest BCUT2D eigenvalue weighted by atomic mass is 9.93. The Bertz CT molecular complexity index is 392. The van der Waals surface area contributed by atoms with E-state index < -0.39 is 0 Å². The number of para-hydroxylation sites is 1. The number of hydrogen-bond donors (Lipinski definition) is 0. The fraction of sp³-hybridized carbons (Fsp3) is 0.647. The fourth-order valence-corrected chi connectivity index (χ4v) is 3.43. The molecule has 0 fully saturated rings. The van der Waals surface area contributed by atoms with Crippen molar-refractivity contribution in [2.45, 2.75) is 71.4 Å². The summed E-state index contributed by atoms with van der Waals surface area (Å²) in [7, 11) is 0. The largest absolute Gasteiger partial charge is 0.364 e. The van der Waals surface area contributed by atoms with Crippen molar-refractivity contribution in [3.8, 4) is 0 Å². The van der Waals surface area contributed by atoms with E-state index in [-0.39, 0.29) is 5.54 Å². The molecule has 1 heteroatoms. The molecule has 0 radical (unpaired) electrons. The lowest BCUT2D eigenvalue weighted by Crippen LogP contribution is -2.48. The number of nitrogens with zero attached hydrogens (tertiary/aromatic N) is 1. The van der Waals surface area contributed by atoms with Gasteiger partial charge in [-0.2, -0.15) is 0 Å². The van der Waals surface area contributed by atoms with Gasteiger partial charge in [-0.25, -0.2) is 0 Å². The highest BCUT2D eigenvalue weighted by Gasteiger charge is 2.30. The quantitative estimate of drug-likeness (QED) is 0.687. The summed E-state index contributed by atoms with van der Waals surface area (Å²) in [5, 5.41) is 0. The molecule has 1 nitrogen and oxygen atoms in total. The normalized spacial score (nSPS) is 19.9. The molecule has 1 aliphatic rings. The number of benzene rings is 1. The third-order valence-corrected chi connectivity index (χ3v) is 4.15. The van der Waals surface area contributed by atoms with Gasteiger partial charge in [0.15, 0.2) is 0 Å². The van der Waals surface area contributed by atoms with Crippen molar-refractivity contribution in [1.82, 2.24) is 0 Å². The molecule has 18 heavy (non-hydrogen) atoms. The van der Waals surface area contributed by atoms with Crippen LogP contribution in [0.4, 0.5) is 5.69 Å². The van der Waals surface area contributed by atoms with Crippen LogP contribution in [0.3, 0.4) is 0 Å². The van der Waals surface area contributed by atoms with Crippen molar-refractivity contribution in [1.29, 1.82) is 0 Å². The molecule has 1 aromatic carbocycles. The van der Waals surface area contributed by atoms with Gasteiger partial charge in [-0.05, 0) is 58.6 Å². The molecule has 0 atom stereocenters. The van der Waals surface area contributed by atoms with Gasteiger partial charge in [-0.1, -0.05) is 31.0 Å². The number of aryl methyl sites for hydroxylation is 1. The second-order valence-corrected chi connectivity index (χ2v) is 6.47. The second kappa shape index (κ2) is 5.34. The van der Waals surface area contributed by atoms with E-state index in [1.165, 1.54) is 43.4 Å². The molecular formula is C17H27N. The van der Waals surface area contributed by atoms with E-state index in [0.29, 0.717) is 6.04 Å². The Balaban J connectivity index is 2.47. The van der Waals surface area contributed by atoms with Crippen LogP contribution < -0.4 is 4.90 Å². The summed E-state index contributed by atoms with van der Waals surface area (Å²) in [6, 6.07) is 9.54. The summed E-state index contributed by atoms with van der Waals surface area (Å²) in [6.45, 7) is 9.43. The Morgan fingerprint density at radius 2 is 1.78 bits per heavy atom. The third kappa shape index (κ3) is 2.71. The first-order valence-electron chi connectivity index (χ1n) is 7.39. The Morgan fingerprint density at radius 1 is 1.06 bits per heavy atom. The number of rotatable bonds is 1. The standard InChI is InChI=1S/C17H27N/c1-14(2)18-16-12-8-7-11-15(16)10-6-5-9-13-17(18,3)4/h7-8,11-12,14H,5-6,9-10,13H2,1-4H3. The zero-order chi connectivity index (χ0) is 13.2. The van der Waals surface area contributed by atoms with E-state index in [1.807, 2.05) is 0 Å². The van der Waals surface area contributed by atoms with Crippen LogP contribution in [-0.2, 0) is 6.42 Å². The van der Waals surface area contributed by atoms with Gasteiger partial charge >= 0.3 is 0 Å². The minimum atomic E-state index is 0.259. The predicted octanol–water partition coefficient (Wildman–Crippen LogP) is 4.80. The van der Waals surface area contributed by atoms with E-state index in [2.05, 4.69) is 56.9 Å². The molecule has 0 saturated carbocycles. The monoisotopic (exact) mass is 245 g/mol. The molecule has 1 aromatic rings. The molecule has 0 amide bonds. The van der Waals surface area contributed by atoms with Crippen LogP contribution in [0.2, 0.25) is 0 Å². The summed E-state index contributed by atoms with van der Waals surface area (Å²) in [4.78, 5) is 2.63. The van der Waals surface area contributed by atoms with Gasteiger partial charge in [0.25, 0.3) is 0 Å². The van der Waals surface area contributed by atoms with E-state index in [9.17, 15) is 0 Å². The highest BCUT2D eigenvalue weighted by Crippen LogP contribution is 2.35. The van der Waals surface area contributed by atoms with E-state index in [0.717, 1.165) is 0 Å². The van der Waals surface area contributed by atoms with Gasteiger partial charge in [0.2, 0.25) is 0 Å². The Hall–Kier alpha value is -0.980. The zero-order valence-electron chi connectivity index (χ0n) is 12.4. The van der Waals surface area contributed by atoms with Gasteiger partial charge in [0, 0.05) is 17.3 Å². The van der Waals surface area contributed by atoms with Crippen molar-refractivity contribution in [3.05, 3.63) is 29.8 Å². The first kappa shape index (κ1) is 13.5. The zero-order valence-corrected chi connectivity index (χ0v) is 12.4. The highest BCUT2D eigenvalue weighted by molar-refractivity contribution is 5.56. The number of fused-ring (bicyclic) bond motifs is 1. The van der Waals surface area contributed by atoms with Crippen molar-refractivity contribution in [3.63, 3.8) is 0 Å². The third-order valence-electron chi connectivity index (χ3n) is 4.15. The summed E-state index contributed by atoms with van der Waals surface area (Å²) < 4.78 is 0. The van der Waals surface area contributed by atoms with Crippen molar-refractivity contribution >= 4 is 5.69 Å². The van der Waals surface area contributed by atoms with Crippen molar-refractivity contribution < 1.29 is 0 Å². The Morgan fingerprint density at radius 3 is 2.50 bits per heavy atom. The van der Waals surface area contributed by atoms with Crippen LogP contribution in [0.5, 0.6) is 0 Å². The Kier molecular flexibility index (Phi) is 3.99. The molecule has 0 spiro atoms. The van der Waals surface area contributed by atoms with Crippen LogP contribution in [0.1, 0.15) is 58.9 Å². The van der Waals surface area contributed by atoms with E-state index >= 15 is 0 Å². The van der Waals surface area contributed by atoms with Gasteiger partial charge < -0.3 is 4.90 Å². The summed E-state index contributed by atoms with van der Waals surface area (Å²) in [5.41, 5.74) is 3.25. The van der Waals surface area contributed by atoms with E-state index in [1.54, 1.807) is 0 Å². The first-order chi connectivity index (χ1) is 8.52. The molecule has 1 heterocycles. The van der Waals surface area contributed by atoms with Gasteiger partial charge in [-0.3, -0.25) is 0 Å². The average molecular weight is 245 g/mol. The molecule has 0 bridgehead atoms. The van der Waals surface area contributed by atoms with Crippen LogP contribution in [0.25, 0.3) is 0 Å². The van der Waals surface area contributed by atoms with Crippen LogP contribution in [-0.4, -0.2) is 11.6 Å². The van der Waals surface area contributed by atoms with Crippen LogP contribution in [0, 0.1) is 0 Å². The molecule has 0 unspecified atom stereocenters. The average Bonchev–Trinajstić information content (AvgIpc) is 2.35. The first-order valence-corrected chi connectivity index (χ1v) is 7.39. The van der Waals surface area contributed by atoms with Crippen molar-refractivity contribution in [2.24, 2.45) is 0 Å². The maximum Gasteiger partial charge on any atom is 0.0405 e. The topological polar surface area (TPSA) is 3.24 Å². The smallest absolute Gasteiger partial charge is 0.0405 e. The minimum absolute atomic E-state index is 0.259. The predicted molar refractivity (Wildman–Crippen MR) is 80.3 cm³/mol. The maximum absolute atomic E-state index is 2.63. The molecule has 0 aliphatic carbocycles. The maximum atomic E-state index is 2.63. The molecule has 0 saturated heterocycles. The lowest BCUT2D eigenvalue weighted by molar-refractivity contribution is 0.387. The number of hydrogen-bond acceptors (Lipinski definition) is 1. The van der Waals surface area contributed by atoms with Gasteiger partial charge in [0.05, 0.1) is 0 Å². The second-order valence-electron chi connectivity index (χ2n) is 6.47. The van der Waals surface area contributed by atoms with E-state index in [4.69, 9.17) is 0 Å². The molecule has 0 aromatic heterocycles. The molecular weight excluding hydrogens is 218 g/mol.